The average molecular weight is 393 g/mol. The maximum absolute atomic E-state index is 13.0. The summed E-state index contributed by atoms with van der Waals surface area (Å²) in [5.41, 5.74) is 0.618. The number of halogens is 1. The Morgan fingerprint density at radius 2 is 1.96 bits per heavy atom. The second-order valence-electron chi connectivity index (χ2n) is 5.84. The predicted octanol–water partition coefficient (Wildman–Crippen LogP) is 1.98. The van der Waals surface area contributed by atoms with Crippen LogP contribution in [-0.2, 0) is 20.7 Å². The van der Waals surface area contributed by atoms with Crippen molar-refractivity contribution >= 4 is 23.6 Å². The second-order valence-corrected chi connectivity index (χ2v) is 7.17. The van der Waals surface area contributed by atoms with Gasteiger partial charge in [-0.3, -0.25) is 14.4 Å². The average Bonchev–Trinajstić information content (AvgIpc) is 2.61. The molecule has 0 saturated heterocycles. The summed E-state index contributed by atoms with van der Waals surface area (Å²) < 4.78 is 17.6. The summed E-state index contributed by atoms with van der Waals surface area (Å²) in [5, 5.41) is 2.51. The van der Waals surface area contributed by atoms with Gasteiger partial charge in [0.25, 0.3) is 5.56 Å². The summed E-state index contributed by atoms with van der Waals surface area (Å²) in [5.74, 6) is -1.12. The van der Waals surface area contributed by atoms with Gasteiger partial charge in [-0.1, -0.05) is 23.9 Å². The molecule has 0 saturated carbocycles. The number of methoxy groups -OCH3 is 1. The Kier molecular flexibility index (Phi) is 7.12. The summed E-state index contributed by atoms with van der Waals surface area (Å²) in [4.78, 5) is 42.2. The highest BCUT2D eigenvalue weighted by molar-refractivity contribution is 8.00. The number of carbonyl (C=O) groups is 2. The minimum Gasteiger partial charge on any atom is -0.469 e. The monoisotopic (exact) mass is 393 g/mol. The van der Waals surface area contributed by atoms with E-state index in [4.69, 9.17) is 0 Å². The first-order valence-corrected chi connectivity index (χ1v) is 9.06. The lowest BCUT2D eigenvalue weighted by Crippen LogP contribution is -2.33. The predicted molar refractivity (Wildman–Crippen MR) is 98.9 cm³/mol. The highest BCUT2D eigenvalue weighted by Crippen LogP contribution is 2.20. The fourth-order valence-corrected chi connectivity index (χ4v) is 3.08. The number of aromatic amines is 1. The third kappa shape index (κ3) is 6.21. The van der Waals surface area contributed by atoms with Crippen LogP contribution in [0.15, 0.2) is 40.3 Å². The summed E-state index contributed by atoms with van der Waals surface area (Å²) >= 11 is 1.06. The molecule has 1 amide bonds. The van der Waals surface area contributed by atoms with E-state index in [1.807, 2.05) is 0 Å². The fourth-order valence-electron chi connectivity index (χ4n) is 2.24. The zero-order valence-electron chi connectivity index (χ0n) is 15.1. The fraction of sp³-hybridized carbons (Fsp3) is 0.333. The standard InChI is InChI=1S/C18H20FN3O4S/c1-10(12-4-6-13(19)7-5-12)20-17(25)11(2)27-18-21-14(8-15(23)22-18)9-16(24)26-3/h4-8,10-11H,9H2,1-3H3,(H,20,25)(H,21,22,23)/t10-,11+/m1/s1. The van der Waals surface area contributed by atoms with Crippen molar-refractivity contribution in [2.75, 3.05) is 7.11 Å². The molecule has 0 spiro atoms. The van der Waals surface area contributed by atoms with Crippen molar-refractivity contribution in [3.63, 3.8) is 0 Å². The van der Waals surface area contributed by atoms with Crippen molar-refractivity contribution in [3.05, 3.63) is 57.8 Å². The molecule has 1 aromatic carbocycles. The number of ether oxygens (including phenoxy) is 1. The molecule has 27 heavy (non-hydrogen) atoms. The molecule has 0 unspecified atom stereocenters. The number of aromatic nitrogens is 2. The third-order valence-electron chi connectivity index (χ3n) is 3.71. The van der Waals surface area contributed by atoms with Crippen molar-refractivity contribution in [3.8, 4) is 0 Å². The lowest BCUT2D eigenvalue weighted by molar-refractivity contribution is -0.139. The summed E-state index contributed by atoms with van der Waals surface area (Å²) in [6.07, 6.45) is -0.129. The van der Waals surface area contributed by atoms with Gasteiger partial charge in [0.1, 0.15) is 5.82 Å². The van der Waals surface area contributed by atoms with E-state index in [1.54, 1.807) is 26.0 Å². The van der Waals surface area contributed by atoms with E-state index < -0.39 is 16.8 Å². The topological polar surface area (TPSA) is 101 Å². The van der Waals surface area contributed by atoms with Crippen molar-refractivity contribution in [2.45, 2.75) is 36.7 Å². The molecule has 7 nitrogen and oxygen atoms in total. The van der Waals surface area contributed by atoms with Crippen LogP contribution < -0.4 is 10.9 Å². The van der Waals surface area contributed by atoms with Gasteiger partial charge in [0.05, 0.1) is 30.5 Å². The first-order valence-electron chi connectivity index (χ1n) is 8.18. The van der Waals surface area contributed by atoms with E-state index in [2.05, 4.69) is 20.0 Å². The van der Waals surface area contributed by atoms with Crippen LogP contribution in [0.2, 0.25) is 0 Å². The van der Waals surface area contributed by atoms with Gasteiger partial charge in [-0.15, -0.1) is 0 Å². The number of esters is 1. The molecule has 0 fully saturated rings. The first-order chi connectivity index (χ1) is 12.8. The lowest BCUT2D eigenvalue weighted by Gasteiger charge is -2.17. The molecule has 2 N–H and O–H groups in total. The van der Waals surface area contributed by atoms with Crippen LogP contribution >= 0.6 is 11.8 Å². The number of nitrogens with zero attached hydrogens (tertiary/aromatic N) is 1. The molecular weight excluding hydrogens is 373 g/mol. The van der Waals surface area contributed by atoms with Crippen LogP contribution in [0, 0.1) is 5.82 Å². The number of nitrogens with one attached hydrogen (secondary N) is 2. The zero-order valence-corrected chi connectivity index (χ0v) is 15.9. The minimum absolute atomic E-state index is 0.129. The van der Waals surface area contributed by atoms with Crippen molar-refractivity contribution < 1.29 is 18.7 Å². The molecule has 0 radical (unpaired) electrons. The third-order valence-corrected chi connectivity index (χ3v) is 4.70. The normalized spacial score (nSPS) is 12.9. The van der Waals surface area contributed by atoms with Crippen LogP contribution in [0.25, 0.3) is 0 Å². The molecule has 2 aromatic rings. The first kappa shape index (κ1) is 20.6. The van der Waals surface area contributed by atoms with Crippen LogP contribution in [0.1, 0.15) is 31.1 Å². The number of rotatable bonds is 7. The van der Waals surface area contributed by atoms with E-state index >= 15 is 0 Å². The van der Waals surface area contributed by atoms with Gasteiger partial charge < -0.3 is 15.0 Å². The summed E-state index contributed by atoms with van der Waals surface area (Å²) in [6, 6.07) is 6.78. The second kappa shape index (κ2) is 9.31. The van der Waals surface area contributed by atoms with Gasteiger partial charge in [0.15, 0.2) is 5.16 Å². The molecule has 0 aliphatic rings. The zero-order chi connectivity index (χ0) is 20.0. The molecule has 0 aliphatic heterocycles. The Morgan fingerprint density at radius 3 is 2.59 bits per heavy atom. The van der Waals surface area contributed by atoms with Crippen LogP contribution in [0.3, 0.4) is 0 Å². The van der Waals surface area contributed by atoms with E-state index in [9.17, 15) is 18.8 Å². The Morgan fingerprint density at radius 1 is 1.30 bits per heavy atom. The van der Waals surface area contributed by atoms with E-state index in [0.717, 1.165) is 17.3 Å². The smallest absolute Gasteiger partial charge is 0.311 e. The molecule has 2 rings (SSSR count). The number of hydrogen-bond acceptors (Lipinski definition) is 6. The van der Waals surface area contributed by atoms with Crippen molar-refractivity contribution in [1.82, 2.24) is 15.3 Å². The number of benzene rings is 1. The largest absolute Gasteiger partial charge is 0.469 e. The Labute approximate surface area is 159 Å². The molecule has 9 heteroatoms. The lowest BCUT2D eigenvalue weighted by atomic mass is 10.1. The maximum Gasteiger partial charge on any atom is 0.311 e. The van der Waals surface area contributed by atoms with Gasteiger partial charge in [0.2, 0.25) is 5.91 Å². The van der Waals surface area contributed by atoms with Gasteiger partial charge in [-0.25, -0.2) is 9.37 Å². The summed E-state index contributed by atoms with van der Waals surface area (Å²) in [6.45, 7) is 3.46. The Balaban J connectivity index is 2.02. The van der Waals surface area contributed by atoms with Crippen LogP contribution in [0.5, 0.6) is 0 Å². The molecule has 1 aromatic heterocycles. The molecular formula is C18H20FN3O4S. The van der Waals surface area contributed by atoms with E-state index in [0.29, 0.717) is 0 Å². The van der Waals surface area contributed by atoms with Gasteiger partial charge in [-0.05, 0) is 31.5 Å². The molecule has 1 heterocycles. The van der Waals surface area contributed by atoms with Crippen molar-refractivity contribution in [2.24, 2.45) is 0 Å². The van der Waals surface area contributed by atoms with Crippen LogP contribution in [-0.4, -0.2) is 34.2 Å². The van der Waals surface area contributed by atoms with Crippen molar-refractivity contribution in [1.29, 1.82) is 0 Å². The van der Waals surface area contributed by atoms with Gasteiger partial charge in [-0.2, -0.15) is 0 Å². The molecule has 2 atom stereocenters. The van der Waals surface area contributed by atoms with E-state index in [-0.39, 0.29) is 35.0 Å². The minimum atomic E-state index is -0.551. The van der Waals surface area contributed by atoms with Gasteiger partial charge in [0, 0.05) is 6.07 Å². The maximum atomic E-state index is 13.0. The van der Waals surface area contributed by atoms with E-state index in [1.165, 1.54) is 25.3 Å². The highest BCUT2D eigenvalue weighted by atomic mass is 32.2. The SMILES string of the molecule is COC(=O)Cc1cc(=O)[nH]c(S[C@@H](C)C(=O)N[C@H](C)c2ccc(F)cc2)n1. The molecule has 0 bridgehead atoms. The molecule has 0 aliphatic carbocycles. The highest BCUT2D eigenvalue weighted by Gasteiger charge is 2.19. The van der Waals surface area contributed by atoms with Crippen LogP contribution in [0.4, 0.5) is 4.39 Å². The molecule has 144 valence electrons. The quantitative estimate of drug-likeness (QED) is 0.424. The Bertz CT molecular complexity index is 870. The Hall–Kier alpha value is -2.68. The number of hydrogen-bond donors (Lipinski definition) is 2. The number of thioether (sulfide) groups is 1. The summed E-state index contributed by atoms with van der Waals surface area (Å²) in [7, 11) is 1.25. The number of H-pyrrole nitrogens is 1. The van der Waals surface area contributed by atoms with Gasteiger partial charge >= 0.3 is 5.97 Å². The number of amides is 1. The number of carbonyl (C=O) groups excluding carboxylic acids is 2.